The zero-order valence-electron chi connectivity index (χ0n) is 31.8. The Labute approximate surface area is 340 Å². The van der Waals surface area contributed by atoms with Crippen LogP contribution in [0.1, 0.15) is 0 Å². The van der Waals surface area contributed by atoms with Crippen molar-refractivity contribution in [3.8, 4) is 45.3 Å². The quantitative estimate of drug-likeness (QED) is 0.154. The molecular formula is C52H35N7. The summed E-state index contributed by atoms with van der Waals surface area (Å²) < 4.78 is 4.69. The fourth-order valence-corrected chi connectivity index (χ4v) is 8.23. The third-order valence-electron chi connectivity index (χ3n) is 11.0. The van der Waals surface area contributed by atoms with Crippen molar-refractivity contribution in [2.45, 2.75) is 0 Å². The lowest BCUT2D eigenvalue weighted by molar-refractivity contribution is 1.13. The van der Waals surface area contributed by atoms with Crippen molar-refractivity contribution in [3.05, 3.63) is 213 Å². The van der Waals surface area contributed by atoms with Gasteiger partial charge in [0.1, 0.15) is 0 Å². The highest BCUT2D eigenvalue weighted by Gasteiger charge is 2.19. The fraction of sp³-hybridized carbons (Fsp3) is 0. The largest absolute Gasteiger partial charge is 0.316 e. The molecule has 0 unspecified atom stereocenters. The van der Waals surface area contributed by atoms with E-state index in [9.17, 15) is 0 Å². The molecule has 0 fully saturated rings. The van der Waals surface area contributed by atoms with E-state index in [1.807, 2.05) is 12.1 Å². The lowest BCUT2D eigenvalue weighted by atomic mass is 10.0. The Hall–Kier alpha value is -8.16. The number of rotatable bonds is 8. The molecule has 7 aromatic carbocycles. The molecule has 4 aromatic heterocycles. The first kappa shape index (κ1) is 34.1. The van der Waals surface area contributed by atoms with E-state index in [1.165, 1.54) is 32.7 Å². The molecule has 0 amide bonds. The zero-order valence-corrected chi connectivity index (χ0v) is 31.8. The van der Waals surface area contributed by atoms with Crippen LogP contribution < -0.4 is 4.90 Å². The number of para-hydroxylation sites is 2. The Kier molecular flexibility index (Phi) is 8.33. The highest BCUT2D eigenvalue weighted by molar-refractivity contribution is 6.19. The van der Waals surface area contributed by atoms with Gasteiger partial charge in [-0.05, 0) is 132 Å². The molecule has 7 heteroatoms. The van der Waals surface area contributed by atoms with Gasteiger partial charge >= 0.3 is 0 Å². The van der Waals surface area contributed by atoms with Crippen LogP contribution in [0.15, 0.2) is 213 Å². The lowest BCUT2D eigenvalue weighted by Gasteiger charge is -2.26. The molecule has 0 aliphatic rings. The molecule has 7 nitrogen and oxygen atoms in total. The van der Waals surface area contributed by atoms with Crippen LogP contribution >= 0.6 is 0 Å². The number of benzene rings is 7. The fourth-order valence-electron chi connectivity index (χ4n) is 8.23. The van der Waals surface area contributed by atoms with E-state index in [0.29, 0.717) is 11.6 Å². The van der Waals surface area contributed by atoms with Gasteiger partial charge in [0.15, 0.2) is 11.6 Å². The second kappa shape index (κ2) is 14.4. The average Bonchev–Trinajstić information content (AvgIpc) is 3.90. The van der Waals surface area contributed by atoms with Gasteiger partial charge in [0.25, 0.3) is 0 Å². The topological polar surface area (TPSA) is 64.7 Å². The van der Waals surface area contributed by atoms with Crippen molar-refractivity contribution >= 4 is 49.8 Å². The molecule has 0 aliphatic carbocycles. The number of aromatic nitrogens is 6. The third-order valence-corrected chi connectivity index (χ3v) is 11.0. The Balaban J connectivity index is 1.00. The summed E-state index contributed by atoms with van der Waals surface area (Å²) in [5, 5.41) is 3.65. The van der Waals surface area contributed by atoms with Crippen LogP contribution in [0.5, 0.6) is 0 Å². The average molecular weight is 758 g/mol. The van der Waals surface area contributed by atoms with Gasteiger partial charge in [0.05, 0.1) is 16.6 Å². The minimum atomic E-state index is 0.695. The van der Waals surface area contributed by atoms with Crippen molar-refractivity contribution in [2.75, 3.05) is 4.90 Å². The van der Waals surface area contributed by atoms with Crippen LogP contribution in [0.4, 0.5) is 17.1 Å². The summed E-state index contributed by atoms with van der Waals surface area (Å²) in [6.07, 6.45) is 9.25. The first-order chi connectivity index (χ1) is 29.3. The van der Waals surface area contributed by atoms with Gasteiger partial charge in [0, 0.05) is 86.7 Å². The number of hydrogen-bond acceptors (Lipinski definition) is 5. The monoisotopic (exact) mass is 757 g/mol. The molecule has 0 saturated carbocycles. The second-order valence-electron chi connectivity index (χ2n) is 14.4. The molecule has 0 atom stereocenters. The molecule has 11 rings (SSSR count). The maximum atomic E-state index is 4.46. The third kappa shape index (κ3) is 6.09. The molecule has 59 heavy (non-hydrogen) atoms. The summed E-state index contributed by atoms with van der Waals surface area (Å²) in [6, 6.07) is 64.1. The number of nitrogens with zero attached hydrogens (tertiary/aromatic N) is 7. The Morgan fingerprint density at radius 1 is 0.356 bits per heavy atom. The van der Waals surface area contributed by atoms with E-state index in [4.69, 9.17) is 0 Å². The van der Waals surface area contributed by atoms with E-state index < -0.39 is 0 Å². The molecule has 0 aliphatic heterocycles. The molecule has 0 bridgehead atoms. The minimum absolute atomic E-state index is 0.695. The van der Waals surface area contributed by atoms with Gasteiger partial charge in [-0.25, -0.2) is 19.9 Å². The molecule has 0 radical (unpaired) electrons. The molecule has 0 saturated heterocycles. The predicted octanol–water partition coefficient (Wildman–Crippen LogP) is 12.8. The van der Waals surface area contributed by atoms with Crippen molar-refractivity contribution in [2.24, 2.45) is 0 Å². The molecule has 0 spiro atoms. The van der Waals surface area contributed by atoms with Crippen LogP contribution in [0.2, 0.25) is 0 Å². The zero-order chi connectivity index (χ0) is 39.1. The van der Waals surface area contributed by atoms with Crippen molar-refractivity contribution in [3.63, 3.8) is 0 Å². The van der Waals surface area contributed by atoms with Crippen LogP contribution in [-0.4, -0.2) is 29.1 Å². The normalized spacial score (nSPS) is 11.4. The van der Waals surface area contributed by atoms with Crippen LogP contribution in [-0.2, 0) is 0 Å². The number of anilines is 3. The minimum Gasteiger partial charge on any atom is -0.316 e. The number of hydrogen-bond donors (Lipinski definition) is 0. The lowest BCUT2D eigenvalue weighted by Crippen LogP contribution is -2.10. The van der Waals surface area contributed by atoms with Gasteiger partial charge in [-0.1, -0.05) is 60.7 Å². The van der Waals surface area contributed by atoms with Crippen molar-refractivity contribution in [1.82, 2.24) is 29.1 Å². The summed E-state index contributed by atoms with van der Waals surface area (Å²) in [4.78, 5) is 20.1. The maximum Gasteiger partial charge on any atom is 0.159 e. The molecule has 0 N–H and O–H groups in total. The smallest absolute Gasteiger partial charge is 0.159 e. The predicted molar refractivity (Wildman–Crippen MR) is 240 cm³/mol. The summed E-state index contributed by atoms with van der Waals surface area (Å²) >= 11 is 0. The van der Waals surface area contributed by atoms with E-state index in [1.54, 1.807) is 24.8 Å². The molecule has 11 aromatic rings. The van der Waals surface area contributed by atoms with Crippen LogP contribution in [0.25, 0.3) is 78.0 Å². The van der Waals surface area contributed by atoms with Crippen molar-refractivity contribution in [1.29, 1.82) is 0 Å². The molecule has 278 valence electrons. The van der Waals surface area contributed by atoms with E-state index in [0.717, 1.165) is 50.7 Å². The Morgan fingerprint density at radius 2 is 0.847 bits per heavy atom. The maximum absolute atomic E-state index is 4.46. The van der Waals surface area contributed by atoms with Gasteiger partial charge in [-0.3, -0.25) is 0 Å². The highest BCUT2D eigenvalue weighted by atomic mass is 15.1. The van der Waals surface area contributed by atoms with Crippen LogP contribution in [0.3, 0.4) is 0 Å². The van der Waals surface area contributed by atoms with E-state index >= 15 is 0 Å². The first-order valence-electron chi connectivity index (χ1n) is 19.6. The summed E-state index contributed by atoms with van der Waals surface area (Å²) in [5.41, 5.74) is 13.1. The summed E-state index contributed by atoms with van der Waals surface area (Å²) in [6.45, 7) is 0. The second-order valence-corrected chi connectivity index (χ2v) is 14.4. The van der Waals surface area contributed by atoms with Gasteiger partial charge in [-0.15, -0.1) is 0 Å². The molecular weight excluding hydrogens is 723 g/mol. The Morgan fingerprint density at radius 3 is 1.41 bits per heavy atom. The van der Waals surface area contributed by atoms with E-state index in [-0.39, 0.29) is 0 Å². The summed E-state index contributed by atoms with van der Waals surface area (Å²) in [5.74, 6) is 1.39. The Bertz CT molecular complexity index is 3130. The first-order valence-corrected chi connectivity index (χ1v) is 19.6. The van der Waals surface area contributed by atoms with Crippen LogP contribution in [0, 0.1) is 0 Å². The van der Waals surface area contributed by atoms with Gasteiger partial charge < -0.3 is 14.0 Å². The molecule has 4 heterocycles. The summed E-state index contributed by atoms with van der Waals surface area (Å²) in [7, 11) is 0. The van der Waals surface area contributed by atoms with Gasteiger partial charge in [0.2, 0.25) is 0 Å². The SMILES string of the molecule is c1ccc(-n2ccc3c2ccc2c4cc(-c5ccc(N(c6ccc(-c7ncccn7)cc6)c6ccc(-c7ncccn7)cc6)cc5)ccc4n(-c4ccccc4)c23)cc1. The standard InChI is InChI=1S/C52H35N7/c1-3-9-40(10-4-1)57-34-29-46-48(57)28-26-45-47-35-39(19-27-49(47)59(50(45)46)41-11-5-2-6-12-41)36-13-20-42(21-14-36)58(43-22-15-37(16-23-43)51-53-30-7-31-54-51)44-24-17-38(18-25-44)52-55-32-8-33-56-52/h1-35H. The van der Waals surface area contributed by atoms with E-state index in [2.05, 4.69) is 210 Å². The van der Waals surface area contributed by atoms with Gasteiger partial charge in [-0.2, -0.15) is 0 Å². The number of fused-ring (bicyclic) bond motifs is 5. The van der Waals surface area contributed by atoms with Crippen molar-refractivity contribution < 1.29 is 0 Å². The highest BCUT2D eigenvalue weighted by Crippen LogP contribution is 2.41.